The molecule has 0 aliphatic heterocycles. The van der Waals surface area contributed by atoms with Crippen molar-refractivity contribution in [2.45, 2.75) is 0 Å². The normalized spacial score (nSPS) is 10.4. The highest BCUT2D eigenvalue weighted by atomic mass is 16.5. The zero-order valence-electron chi connectivity index (χ0n) is 9.01. The number of esters is 1. The number of aromatic nitrogens is 2. The van der Waals surface area contributed by atoms with E-state index >= 15 is 0 Å². The van der Waals surface area contributed by atoms with Gasteiger partial charge in [-0.05, 0) is 12.1 Å². The molecule has 6 heteroatoms. The summed E-state index contributed by atoms with van der Waals surface area (Å²) in [5, 5.41) is 10.5. The van der Waals surface area contributed by atoms with E-state index in [4.69, 9.17) is 5.73 Å². The molecule has 0 aliphatic rings. The Bertz CT molecular complexity index is 362. The smallest absolute Gasteiger partial charge is 0.358 e. The first kappa shape index (κ1) is 12.1. The Morgan fingerprint density at radius 1 is 1.50 bits per heavy atom. The third-order valence-corrected chi connectivity index (χ3v) is 1.76. The van der Waals surface area contributed by atoms with Crippen LogP contribution in [0.25, 0.3) is 0 Å². The van der Waals surface area contributed by atoms with Crippen molar-refractivity contribution in [3.8, 4) is 0 Å². The number of hydrogen-bond acceptors (Lipinski definition) is 6. The molecule has 16 heavy (non-hydrogen) atoms. The standard InChI is InChI=1S/C10H14N4O2/c1-16-10(15)8-4-5-9(14-13-8)12-7-3-2-6-11/h2-5H,6-7,11H2,1H3,(H,12,14)/b3-2+. The van der Waals surface area contributed by atoms with Crippen LogP contribution in [0.1, 0.15) is 10.5 Å². The van der Waals surface area contributed by atoms with Crippen LogP contribution in [0.5, 0.6) is 0 Å². The third kappa shape index (κ3) is 3.66. The predicted molar refractivity (Wildman–Crippen MR) is 60.1 cm³/mol. The SMILES string of the molecule is COC(=O)c1ccc(NC/C=C/CN)nn1. The number of hydrogen-bond donors (Lipinski definition) is 2. The van der Waals surface area contributed by atoms with Gasteiger partial charge >= 0.3 is 5.97 Å². The number of rotatable bonds is 5. The van der Waals surface area contributed by atoms with Crippen molar-refractivity contribution in [2.24, 2.45) is 5.73 Å². The van der Waals surface area contributed by atoms with Crippen molar-refractivity contribution in [3.05, 3.63) is 30.0 Å². The lowest BCUT2D eigenvalue weighted by Crippen LogP contribution is -2.08. The molecule has 1 heterocycles. The molecule has 0 fully saturated rings. The highest BCUT2D eigenvalue weighted by Gasteiger charge is 2.06. The van der Waals surface area contributed by atoms with E-state index in [9.17, 15) is 4.79 Å². The third-order valence-electron chi connectivity index (χ3n) is 1.76. The summed E-state index contributed by atoms with van der Waals surface area (Å²) < 4.78 is 4.50. The van der Waals surface area contributed by atoms with Gasteiger partial charge in [-0.3, -0.25) is 0 Å². The van der Waals surface area contributed by atoms with Crippen LogP contribution in [-0.4, -0.2) is 36.4 Å². The molecular weight excluding hydrogens is 208 g/mol. The second-order valence-electron chi connectivity index (χ2n) is 2.88. The van der Waals surface area contributed by atoms with Crippen LogP contribution in [0.2, 0.25) is 0 Å². The number of ether oxygens (including phenoxy) is 1. The monoisotopic (exact) mass is 222 g/mol. The molecule has 0 saturated heterocycles. The second kappa shape index (κ2) is 6.52. The lowest BCUT2D eigenvalue weighted by atomic mass is 10.4. The van der Waals surface area contributed by atoms with Crippen molar-refractivity contribution in [1.82, 2.24) is 10.2 Å². The number of methoxy groups -OCH3 is 1. The minimum atomic E-state index is -0.498. The highest BCUT2D eigenvalue weighted by molar-refractivity contribution is 5.86. The molecule has 0 amide bonds. The van der Waals surface area contributed by atoms with Gasteiger partial charge in [0.1, 0.15) is 5.82 Å². The molecule has 6 nitrogen and oxygen atoms in total. The van der Waals surface area contributed by atoms with Gasteiger partial charge in [0.25, 0.3) is 0 Å². The molecule has 1 aromatic heterocycles. The zero-order valence-corrected chi connectivity index (χ0v) is 9.01. The molecule has 0 spiro atoms. The molecule has 0 radical (unpaired) electrons. The number of nitrogens with one attached hydrogen (secondary N) is 1. The number of carbonyl (C=O) groups excluding carboxylic acids is 1. The first-order valence-corrected chi connectivity index (χ1v) is 4.79. The molecule has 0 unspecified atom stereocenters. The highest BCUT2D eigenvalue weighted by Crippen LogP contribution is 2.02. The average molecular weight is 222 g/mol. The van der Waals surface area contributed by atoms with Gasteiger partial charge in [-0.1, -0.05) is 12.2 Å². The van der Waals surface area contributed by atoms with Crippen LogP contribution in [0.3, 0.4) is 0 Å². The fourth-order valence-electron chi connectivity index (χ4n) is 0.983. The number of nitrogens with zero attached hydrogens (tertiary/aromatic N) is 2. The molecular formula is C10H14N4O2. The van der Waals surface area contributed by atoms with Crippen LogP contribution >= 0.6 is 0 Å². The maximum Gasteiger partial charge on any atom is 0.358 e. The topological polar surface area (TPSA) is 90.1 Å². The van der Waals surface area contributed by atoms with E-state index in [0.29, 0.717) is 18.9 Å². The van der Waals surface area contributed by atoms with Gasteiger partial charge in [-0.2, -0.15) is 0 Å². The molecule has 0 saturated carbocycles. The van der Waals surface area contributed by atoms with Crippen molar-refractivity contribution >= 4 is 11.8 Å². The van der Waals surface area contributed by atoms with Crippen molar-refractivity contribution < 1.29 is 9.53 Å². The average Bonchev–Trinajstić information content (AvgIpc) is 2.34. The Hall–Kier alpha value is -1.95. The summed E-state index contributed by atoms with van der Waals surface area (Å²) in [5.41, 5.74) is 5.47. The van der Waals surface area contributed by atoms with Crippen molar-refractivity contribution in [2.75, 3.05) is 25.5 Å². The summed E-state index contributed by atoms with van der Waals surface area (Å²) in [7, 11) is 1.30. The van der Waals surface area contributed by atoms with Gasteiger partial charge in [-0.25, -0.2) is 4.79 Å². The lowest BCUT2D eigenvalue weighted by molar-refractivity contribution is 0.0593. The number of nitrogens with two attached hydrogens (primary N) is 1. The van der Waals surface area contributed by atoms with Crippen LogP contribution in [0.4, 0.5) is 5.82 Å². The fourth-order valence-corrected chi connectivity index (χ4v) is 0.983. The van der Waals surface area contributed by atoms with Crippen LogP contribution in [0.15, 0.2) is 24.3 Å². The van der Waals surface area contributed by atoms with E-state index in [0.717, 1.165) is 0 Å². The first-order valence-electron chi connectivity index (χ1n) is 4.79. The number of anilines is 1. The summed E-state index contributed by atoms with van der Waals surface area (Å²) in [6.07, 6.45) is 3.72. The Morgan fingerprint density at radius 3 is 2.88 bits per heavy atom. The molecule has 0 atom stereocenters. The molecule has 86 valence electrons. The van der Waals surface area contributed by atoms with Crippen molar-refractivity contribution in [1.29, 1.82) is 0 Å². The van der Waals surface area contributed by atoms with E-state index in [1.807, 2.05) is 12.2 Å². The molecule has 0 aliphatic carbocycles. The Kier molecular flexibility index (Phi) is 4.94. The van der Waals surface area contributed by atoms with E-state index in [1.54, 1.807) is 12.1 Å². The summed E-state index contributed by atoms with van der Waals surface area (Å²) in [6, 6.07) is 3.21. The van der Waals surface area contributed by atoms with E-state index < -0.39 is 5.97 Å². The maximum atomic E-state index is 11.1. The minimum Gasteiger partial charge on any atom is -0.464 e. The summed E-state index contributed by atoms with van der Waals surface area (Å²) in [6.45, 7) is 1.12. The van der Waals surface area contributed by atoms with Gasteiger partial charge < -0.3 is 15.8 Å². The fraction of sp³-hybridized carbons (Fsp3) is 0.300. The van der Waals surface area contributed by atoms with Gasteiger partial charge in [0.05, 0.1) is 7.11 Å². The Balaban J connectivity index is 2.51. The largest absolute Gasteiger partial charge is 0.464 e. The molecule has 1 rings (SSSR count). The zero-order chi connectivity index (χ0) is 11.8. The van der Waals surface area contributed by atoms with Gasteiger partial charge in [0.15, 0.2) is 5.69 Å². The van der Waals surface area contributed by atoms with Crippen LogP contribution < -0.4 is 11.1 Å². The van der Waals surface area contributed by atoms with Crippen molar-refractivity contribution in [3.63, 3.8) is 0 Å². The summed E-state index contributed by atoms with van der Waals surface area (Å²) >= 11 is 0. The van der Waals surface area contributed by atoms with E-state index in [1.165, 1.54) is 7.11 Å². The second-order valence-corrected chi connectivity index (χ2v) is 2.88. The quantitative estimate of drug-likeness (QED) is 0.546. The molecule has 0 aromatic carbocycles. The van der Waals surface area contributed by atoms with Crippen LogP contribution in [-0.2, 0) is 4.74 Å². The van der Waals surface area contributed by atoms with E-state index in [2.05, 4.69) is 20.3 Å². The predicted octanol–water partition coefficient (Wildman–Crippen LogP) is 0.190. The maximum absolute atomic E-state index is 11.1. The van der Waals surface area contributed by atoms with E-state index in [-0.39, 0.29) is 5.69 Å². The first-order chi connectivity index (χ1) is 7.77. The van der Waals surface area contributed by atoms with Gasteiger partial charge in [-0.15, -0.1) is 10.2 Å². The van der Waals surface area contributed by atoms with Crippen LogP contribution in [0, 0.1) is 0 Å². The Labute approximate surface area is 93.5 Å². The minimum absolute atomic E-state index is 0.186. The van der Waals surface area contributed by atoms with Gasteiger partial charge in [0, 0.05) is 13.1 Å². The summed E-state index contributed by atoms with van der Waals surface area (Å²) in [5.74, 6) is 0.0939. The molecule has 1 aromatic rings. The van der Waals surface area contributed by atoms with Gasteiger partial charge in [0.2, 0.25) is 0 Å². The number of carbonyl (C=O) groups is 1. The summed E-state index contributed by atoms with van der Waals surface area (Å²) in [4.78, 5) is 11.1. The molecule has 0 bridgehead atoms. The molecule has 3 N–H and O–H groups in total. The lowest BCUT2D eigenvalue weighted by Gasteiger charge is -2.01. The Morgan fingerprint density at radius 2 is 2.31 bits per heavy atom.